The molecule has 1 saturated carbocycles. The van der Waals surface area contributed by atoms with Crippen LogP contribution in [-0.2, 0) is 15.9 Å². The van der Waals surface area contributed by atoms with Crippen molar-refractivity contribution in [1.82, 2.24) is 10.1 Å². The lowest BCUT2D eigenvalue weighted by Crippen LogP contribution is -2.42. The summed E-state index contributed by atoms with van der Waals surface area (Å²) in [6.45, 7) is 6.22. The summed E-state index contributed by atoms with van der Waals surface area (Å²) >= 11 is 0. The average molecular weight is 267 g/mol. The Morgan fingerprint density at radius 1 is 1.58 bits per heavy atom. The van der Waals surface area contributed by atoms with Gasteiger partial charge in [0, 0.05) is 7.11 Å². The largest absolute Gasteiger partial charge is 0.369 e. The molecule has 0 spiro atoms. The molecule has 19 heavy (non-hydrogen) atoms. The van der Waals surface area contributed by atoms with Crippen LogP contribution in [-0.4, -0.2) is 17.3 Å². The number of aromatic nitrogens is 2. The Hall–Kier alpha value is -0.940. The van der Waals surface area contributed by atoms with E-state index in [0.717, 1.165) is 25.7 Å². The molecule has 0 saturated heterocycles. The SMILES string of the molecule is CCC(C)(OC)c1nc(C2(N)CCCC(C)C2)no1. The van der Waals surface area contributed by atoms with Crippen LogP contribution in [0.25, 0.3) is 0 Å². The van der Waals surface area contributed by atoms with Crippen LogP contribution in [0.1, 0.15) is 64.6 Å². The monoisotopic (exact) mass is 267 g/mol. The number of rotatable bonds is 4. The van der Waals surface area contributed by atoms with Gasteiger partial charge in [-0.05, 0) is 32.1 Å². The second-order valence-corrected chi connectivity index (χ2v) is 6.07. The molecule has 5 nitrogen and oxygen atoms in total. The van der Waals surface area contributed by atoms with Gasteiger partial charge in [0.25, 0.3) is 5.89 Å². The molecule has 3 unspecified atom stereocenters. The number of nitrogens with two attached hydrogens (primary N) is 1. The van der Waals surface area contributed by atoms with E-state index in [2.05, 4.69) is 17.1 Å². The molecule has 1 heterocycles. The van der Waals surface area contributed by atoms with Crippen LogP contribution in [0.5, 0.6) is 0 Å². The van der Waals surface area contributed by atoms with Crippen molar-refractivity contribution < 1.29 is 9.26 Å². The van der Waals surface area contributed by atoms with Gasteiger partial charge in [-0.2, -0.15) is 4.98 Å². The normalized spacial score (nSPS) is 31.1. The highest BCUT2D eigenvalue weighted by Crippen LogP contribution is 2.37. The van der Waals surface area contributed by atoms with Gasteiger partial charge in [-0.25, -0.2) is 0 Å². The summed E-state index contributed by atoms with van der Waals surface area (Å²) < 4.78 is 10.9. The maximum Gasteiger partial charge on any atom is 0.258 e. The van der Waals surface area contributed by atoms with Gasteiger partial charge in [-0.3, -0.25) is 0 Å². The maximum absolute atomic E-state index is 6.48. The van der Waals surface area contributed by atoms with Crippen molar-refractivity contribution in [2.24, 2.45) is 11.7 Å². The van der Waals surface area contributed by atoms with Gasteiger partial charge in [0.15, 0.2) is 5.82 Å². The molecular formula is C14H25N3O2. The summed E-state index contributed by atoms with van der Waals surface area (Å²) in [5.74, 6) is 1.77. The van der Waals surface area contributed by atoms with Crippen LogP contribution in [0.15, 0.2) is 4.52 Å². The molecule has 1 aromatic heterocycles. The lowest BCUT2D eigenvalue weighted by atomic mass is 9.76. The molecule has 2 N–H and O–H groups in total. The predicted molar refractivity (Wildman–Crippen MR) is 72.4 cm³/mol. The molecule has 0 aromatic carbocycles. The molecule has 3 atom stereocenters. The number of nitrogens with zero attached hydrogens (tertiary/aromatic N) is 2. The second-order valence-electron chi connectivity index (χ2n) is 6.07. The van der Waals surface area contributed by atoms with Gasteiger partial charge in [-0.1, -0.05) is 31.8 Å². The zero-order valence-corrected chi connectivity index (χ0v) is 12.4. The number of hydrogen-bond donors (Lipinski definition) is 1. The maximum atomic E-state index is 6.48. The summed E-state index contributed by atoms with van der Waals surface area (Å²) in [6.07, 6.45) is 4.97. The van der Waals surface area contributed by atoms with Gasteiger partial charge in [0.05, 0.1) is 5.54 Å². The Balaban J connectivity index is 2.25. The van der Waals surface area contributed by atoms with Crippen LogP contribution in [0, 0.1) is 5.92 Å². The minimum atomic E-state index is -0.526. The molecule has 1 aliphatic carbocycles. The van der Waals surface area contributed by atoms with E-state index in [1.807, 2.05) is 13.8 Å². The minimum absolute atomic E-state index is 0.443. The Morgan fingerprint density at radius 2 is 2.32 bits per heavy atom. The molecule has 1 fully saturated rings. The fraction of sp³-hybridized carbons (Fsp3) is 0.857. The summed E-state index contributed by atoms with van der Waals surface area (Å²) in [6, 6.07) is 0. The first kappa shape index (κ1) is 14.5. The van der Waals surface area contributed by atoms with Crippen molar-refractivity contribution in [2.75, 3.05) is 7.11 Å². The fourth-order valence-electron chi connectivity index (χ4n) is 2.82. The fourth-order valence-corrected chi connectivity index (χ4v) is 2.82. The van der Waals surface area contributed by atoms with E-state index < -0.39 is 11.1 Å². The van der Waals surface area contributed by atoms with Crippen LogP contribution in [0.3, 0.4) is 0 Å². The quantitative estimate of drug-likeness (QED) is 0.907. The van der Waals surface area contributed by atoms with Gasteiger partial charge in [0.2, 0.25) is 0 Å². The van der Waals surface area contributed by atoms with Crippen molar-refractivity contribution in [3.05, 3.63) is 11.7 Å². The van der Waals surface area contributed by atoms with Gasteiger partial charge in [-0.15, -0.1) is 0 Å². The Labute approximate surface area is 114 Å². The third-order valence-corrected chi connectivity index (χ3v) is 4.48. The Morgan fingerprint density at radius 3 is 2.89 bits per heavy atom. The Bertz CT molecular complexity index is 428. The van der Waals surface area contributed by atoms with E-state index >= 15 is 0 Å². The van der Waals surface area contributed by atoms with E-state index in [9.17, 15) is 0 Å². The highest BCUT2D eigenvalue weighted by molar-refractivity contribution is 5.08. The van der Waals surface area contributed by atoms with Crippen LogP contribution in [0.4, 0.5) is 0 Å². The molecule has 108 valence electrons. The average Bonchev–Trinajstić information content (AvgIpc) is 2.88. The Kier molecular flexibility index (Phi) is 3.97. The lowest BCUT2D eigenvalue weighted by molar-refractivity contribution is -0.0272. The molecule has 0 radical (unpaired) electrons. The standard InChI is InChI=1S/C14H25N3O2/c1-5-13(3,18-4)12-16-11(17-19-12)14(15)8-6-7-10(2)9-14/h10H,5-9,15H2,1-4H3. The van der Waals surface area contributed by atoms with E-state index in [0.29, 0.717) is 17.6 Å². The molecule has 0 amide bonds. The molecule has 0 aliphatic heterocycles. The van der Waals surface area contributed by atoms with Crippen molar-refractivity contribution in [3.63, 3.8) is 0 Å². The third-order valence-electron chi connectivity index (χ3n) is 4.48. The van der Waals surface area contributed by atoms with E-state index in [1.165, 1.54) is 6.42 Å². The van der Waals surface area contributed by atoms with Gasteiger partial charge >= 0.3 is 0 Å². The summed E-state index contributed by atoms with van der Waals surface area (Å²) in [7, 11) is 1.66. The number of ether oxygens (including phenoxy) is 1. The first-order chi connectivity index (χ1) is 8.93. The van der Waals surface area contributed by atoms with Crippen LogP contribution in [0.2, 0.25) is 0 Å². The van der Waals surface area contributed by atoms with Gasteiger partial charge in [0.1, 0.15) is 5.60 Å². The first-order valence-corrected chi connectivity index (χ1v) is 7.12. The lowest BCUT2D eigenvalue weighted by Gasteiger charge is -2.34. The summed E-state index contributed by atoms with van der Waals surface area (Å²) in [5, 5.41) is 4.12. The molecule has 1 aliphatic rings. The van der Waals surface area contributed by atoms with Crippen molar-refractivity contribution in [3.8, 4) is 0 Å². The van der Waals surface area contributed by atoms with Crippen LogP contribution < -0.4 is 5.73 Å². The smallest absolute Gasteiger partial charge is 0.258 e. The van der Waals surface area contributed by atoms with Crippen molar-refractivity contribution >= 4 is 0 Å². The third kappa shape index (κ3) is 2.67. The topological polar surface area (TPSA) is 74.2 Å². The predicted octanol–water partition coefficient (Wildman–Crippen LogP) is 2.71. The van der Waals surface area contributed by atoms with E-state index in [1.54, 1.807) is 7.11 Å². The zero-order valence-electron chi connectivity index (χ0n) is 12.4. The highest BCUT2D eigenvalue weighted by atomic mass is 16.5. The second kappa shape index (κ2) is 5.21. The molecule has 0 bridgehead atoms. The van der Waals surface area contributed by atoms with Gasteiger partial charge < -0.3 is 15.0 Å². The minimum Gasteiger partial charge on any atom is -0.369 e. The summed E-state index contributed by atoms with van der Waals surface area (Å²) in [4.78, 5) is 4.53. The molecule has 1 aromatic rings. The molecular weight excluding hydrogens is 242 g/mol. The van der Waals surface area contributed by atoms with Crippen molar-refractivity contribution in [1.29, 1.82) is 0 Å². The molecule has 2 rings (SSSR count). The van der Waals surface area contributed by atoms with Crippen LogP contribution >= 0.6 is 0 Å². The van der Waals surface area contributed by atoms with E-state index in [-0.39, 0.29) is 0 Å². The highest BCUT2D eigenvalue weighted by Gasteiger charge is 2.39. The summed E-state index contributed by atoms with van der Waals surface area (Å²) in [5.41, 5.74) is 5.52. The van der Waals surface area contributed by atoms with E-state index in [4.69, 9.17) is 15.0 Å². The number of hydrogen-bond acceptors (Lipinski definition) is 5. The number of methoxy groups -OCH3 is 1. The van der Waals surface area contributed by atoms with Crippen molar-refractivity contribution in [2.45, 2.75) is 64.0 Å². The first-order valence-electron chi connectivity index (χ1n) is 7.12. The zero-order chi connectivity index (χ0) is 14.1. The molecule has 5 heteroatoms.